The van der Waals surface area contributed by atoms with Gasteiger partial charge in [-0.15, -0.1) is 0 Å². The second-order valence-electron chi connectivity index (χ2n) is 13.0. The Balaban J connectivity index is 1.12. The highest BCUT2D eigenvalue weighted by Crippen LogP contribution is 2.40. The van der Waals surface area contributed by atoms with Crippen molar-refractivity contribution in [3.8, 4) is 62.0 Å². The molecule has 7 aromatic carbocycles. The lowest BCUT2D eigenvalue weighted by molar-refractivity contribution is 0.635. The summed E-state index contributed by atoms with van der Waals surface area (Å²) < 4.78 is 8.95. The van der Waals surface area contributed by atoms with Gasteiger partial charge < -0.3 is 8.98 Å². The Morgan fingerprint density at radius 1 is 0.404 bits per heavy atom. The topological polar surface area (TPSA) is 43.9 Å². The smallest absolute Gasteiger partial charge is 0.160 e. The van der Waals surface area contributed by atoms with Gasteiger partial charge in [-0.1, -0.05) is 146 Å². The molecule has 0 aliphatic rings. The van der Waals surface area contributed by atoms with Gasteiger partial charge in [0.2, 0.25) is 0 Å². The van der Waals surface area contributed by atoms with Crippen LogP contribution < -0.4 is 0 Å². The lowest BCUT2D eigenvalue weighted by Gasteiger charge is -2.12. The maximum absolute atomic E-state index is 6.63. The molecule has 0 aliphatic carbocycles. The first-order valence-corrected chi connectivity index (χ1v) is 17.5. The van der Waals surface area contributed by atoms with E-state index in [9.17, 15) is 0 Å². The normalized spacial score (nSPS) is 11.5. The second-order valence-corrected chi connectivity index (χ2v) is 13.0. The van der Waals surface area contributed by atoms with Crippen molar-refractivity contribution >= 4 is 32.8 Å². The van der Waals surface area contributed by atoms with Crippen LogP contribution in [0.1, 0.15) is 0 Å². The summed E-state index contributed by atoms with van der Waals surface area (Å²) in [5, 5.41) is 3.33. The average Bonchev–Trinajstić information content (AvgIpc) is 3.82. The van der Waals surface area contributed by atoms with Crippen LogP contribution in [-0.4, -0.2) is 14.5 Å². The van der Waals surface area contributed by atoms with Gasteiger partial charge >= 0.3 is 0 Å². The number of furan rings is 1. The molecule has 10 rings (SSSR count). The van der Waals surface area contributed by atoms with Crippen LogP contribution in [0.3, 0.4) is 0 Å². The molecule has 3 aromatic heterocycles. The number of para-hydroxylation sites is 1. The zero-order chi connectivity index (χ0) is 34.4. The van der Waals surface area contributed by atoms with Gasteiger partial charge in [-0.3, -0.25) is 0 Å². The first-order valence-electron chi connectivity index (χ1n) is 17.5. The maximum atomic E-state index is 6.63. The van der Waals surface area contributed by atoms with Crippen LogP contribution in [0.25, 0.3) is 94.8 Å². The molecule has 0 N–H and O–H groups in total. The second kappa shape index (κ2) is 12.4. The third-order valence-electron chi connectivity index (χ3n) is 9.82. The van der Waals surface area contributed by atoms with Gasteiger partial charge in [-0.05, 0) is 53.6 Å². The van der Waals surface area contributed by atoms with Crippen LogP contribution in [0, 0.1) is 0 Å². The minimum absolute atomic E-state index is 0.673. The summed E-state index contributed by atoms with van der Waals surface area (Å²) in [6, 6.07) is 65.4. The Hall–Kier alpha value is -7.04. The van der Waals surface area contributed by atoms with Crippen molar-refractivity contribution in [1.82, 2.24) is 14.5 Å². The molecule has 10 aromatic rings. The highest BCUT2D eigenvalue weighted by Gasteiger charge is 2.19. The van der Waals surface area contributed by atoms with Gasteiger partial charge in [0.05, 0.1) is 27.8 Å². The number of aromatic nitrogens is 3. The lowest BCUT2D eigenvalue weighted by Crippen LogP contribution is -1.98. The van der Waals surface area contributed by atoms with Crippen molar-refractivity contribution in [2.24, 2.45) is 0 Å². The van der Waals surface area contributed by atoms with Gasteiger partial charge in [0, 0.05) is 38.7 Å². The van der Waals surface area contributed by atoms with E-state index in [1.807, 2.05) is 42.5 Å². The van der Waals surface area contributed by atoms with E-state index in [-0.39, 0.29) is 0 Å². The van der Waals surface area contributed by atoms with Crippen molar-refractivity contribution in [3.05, 3.63) is 188 Å². The van der Waals surface area contributed by atoms with Crippen molar-refractivity contribution in [1.29, 1.82) is 0 Å². The SMILES string of the molecule is c1ccc(-c2ccc(-c3cc(-c4ccccc4)nc(-c4cccc(-n5c6ccccc6c6c7oc(-c8ccccc8)cc7ccc65)c4)n3)cc2)cc1. The van der Waals surface area contributed by atoms with Crippen molar-refractivity contribution in [2.75, 3.05) is 0 Å². The van der Waals surface area contributed by atoms with Crippen LogP contribution in [0.2, 0.25) is 0 Å². The van der Waals surface area contributed by atoms with Crippen molar-refractivity contribution in [2.45, 2.75) is 0 Å². The first-order chi connectivity index (χ1) is 25.8. The fourth-order valence-electron chi connectivity index (χ4n) is 7.30. The van der Waals surface area contributed by atoms with E-state index >= 15 is 0 Å². The number of hydrogen-bond acceptors (Lipinski definition) is 3. The summed E-state index contributed by atoms with van der Waals surface area (Å²) in [5.41, 5.74) is 12.3. The third-order valence-corrected chi connectivity index (χ3v) is 9.82. The van der Waals surface area contributed by atoms with Crippen LogP contribution in [0.5, 0.6) is 0 Å². The Labute approximate surface area is 300 Å². The fraction of sp³-hybridized carbons (Fsp3) is 0. The number of benzene rings is 7. The Morgan fingerprint density at radius 2 is 0.981 bits per heavy atom. The van der Waals surface area contributed by atoms with E-state index in [4.69, 9.17) is 14.4 Å². The molecular formula is C48H31N3O. The fourth-order valence-corrected chi connectivity index (χ4v) is 7.30. The molecule has 0 bridgehead atoms. The zero-order valence-electron chi connectivity index (χ0n) is 28.1. The number of hydrogen-bond donors (Lipinski definition) is 0. The molecule has 4 heteroatoms. The molecule has 0 fully saturated rings. The minimum atomic E-state index is 0.673. The molecule has 52 heavy (non-hydrogen) atoms. The summed E-state index contributed by atoms with van der Waals surface area (Å²) in [7, 11) is 0. The van der Waals surface area contributed by atoms with Crippen LogP contribution in [0.15, 0.2) is 192 Å². The summed E-state index contributed by atoms with van der Waals surface area (Å²) in [6.45, 7) is 0. The predicted octanol–water partition coefficient (Wildman–Crippen LogP) is 12.7. The average molecular weight is 666 g/mol. The monoisotopic (exact) mass is 665 g/mol. The number of nitrogens with zero attached hydrogens (tertiary/aromatic N) is 3. The highest BCUT2D eigenvalue weighted by atomic mass is 16.3. The molecule has 244 valence electrons. The molecule has 0 aliphatic heterocycles. The van der Waals surface area contributed by atoms with Gasteiger partial charge in [-0.25, -0.2) is 9.97 Å². The Kier molecular flexibility index (Phi) is 7.10. The molecule has 3 heterocycles. The number of fused-ring (bicyclic) bond motifs is 5. The van der Waals surface area contributed by atoms with E-state index in [0.29, 0.717) is 5.82 Å². The van der Waals surface area contributed by atoms with Crippen molar-refractivity contribution < 1.29 is 4.42 Å². The predicted molar refractivity (Wildman–Crippen MR) is 213 cm³/mol. The molecule has 0 saturated heterocycles. The molecule has 4 nitrogen and oxygen atoms in total. The van der Waals surface area contributed by atoms with Crippen LogP contribution >= 0.6 is 0 Å². The van der Waals surface area contributed by atoms with E-state index in [0.717, 1.165) is 77.9 Å². The zero-order valence-corrected chi connectivity index (χ0v) is 28.1. The summed E-state index contributed by atoms with van der Waals surface area (Å²) >= 11 is 0. The molecule has 0 spiro atoms. The van der Waals surface area contributed by atoms with Gasteiger partial charge in [-0.2, -0.15) is 0 Å². The van der Waals surface area contributed by atoms with E-state index in [2.05, 4.69) is 150 Å². The summed E-state index contributed by atoms with van der Waals surface area (Å²) in [5.74, 6) is 1.54. The van der Waals surface area contributed by atoms with E-state index in [1.165, 1.54) is 11.1 Å². The highest BCUT2D eigenvalue weighted by molar-refractivity contribution is 6.20. The number of rotatable bonds is 6. The minimum Gasteiger partial charge on any atom is -0.455 e. The molecular weight excluding hydrogens is 635 g/mol. The largest absolute Gasteiger partial charge is 0.455 e. The standard InChI is InChI=1S/C48H31N3O/c1-4-13-32(14-5-1)33-23-25-35(26-24-33)42-31-41(34-15-6-2-7-16-34)49-48(50-42)38-19-12-20-39(29-38)51-43-22-11-10-21-40(43)46-44(51)28-27-37-30-45(52-47(37)46)36-17-8-3-9-18-36/h1-31H. The van der Waals surface area contributed by atoms with Crippen molar-refractivity contribution in [3.63, 3.8) is 0 Å². The van der Waals surface area contributed by atoms with Crippen LogP contribution in [0.4, 0.5) is 0 Å². The van der Waals surface area contributed by atoms with E-state index < -0.39 is 0 Å². The molecule has 0 unspecified atom stereocenters. The van der Waals surface area contributed by atoms with Gasteiger partial charge in [0.15, 0.2) is 5.82 Å². The first kappa shape index (κ1) is 29.8. The van der Waals surface area contributed by atoms with Gasteiger partial charge in [0.25, 0.3) is 0 Å². The van der Waals surface area contributed by atoms with E-state index in [1.54, 1.807) is 0 Å². The quantitative estimate of drug-likeness (QED) is 0.178. The lowest BCUT2D eigenvalue weighted by atomic mass is 10.0. The molecule has 0 radical (unpaired) electrons. The summed E-state index contributed by atoms with van der Waals surface area (Å²) in [6.07, 6.45) is 0. The maximum Gasteiger partial charge on any atom is 0.160 e. The molecule has 0 saturated carbocycles. The Morgan fingerprint density at radius 3 is 1.71 bits per heavy atom. The Bertz CT molecular complexity index is 2870. The summed E-state index contributed by atoms with van der Waals surface area (Å²) in [4.78, 5) is 10.3. The van der Waals surface area contributed by atoms with Gasteiger partial charge in [0.1, 0.15) is 11.3 Å². The molecule has 0 atom stereocenters. The van der Waals surface area contributed by atoms with Crippen LogP contribution in [-0.2, 0) is 0 Å². The third kappa shape index (κ3) is 5.17. The molecule has 0 amide bonds.